The van der Waals surface area contributed by atoms with Crippen LogP contribution in [0.25, 0.3) is 0 Å². The van der Waals surface area contributed by atoms with Gasteiger partial charge in [-0.3, -0.25) is 9.69 Å². The molecule has 1 fully saturated rings. The SMILES string of the molecule is CCCNCC1CCN(C(C)C(=O)NCC(C)C)CC1. The molecule has 118 valence electrons. The van der Waals surface area contributed by atoms with E-state index in [9.17, 15) is 4.79 Å². The zero-order chi connectivity index (χ0) is 15.0. The average molecular weight is 283 g/mol. The number of nitrogens with one attached hydrogen (secondary N) is 2. The maximum atomic E-state index is 12.1. The fourth-order valence-electron chi connectivity index (χ4n) is 2.65. The van der Waals surface area contributed by atoms with Crippen LogP contribution in [0.3, 0.4) is 0 Å². The Morgan fingerprint density at radius 1 is 1.25 bits per heavy atom. The third kappa shape index (κ3) is 6.23. The second-order valence-electron chi connectivity index (χ2n) is 6.50. The highest BCUT2D eigenvalue weighted by Crippen LogP contribution is 2.18. The van der Waals surface area contributed by atoms with Crippen LogP contribution < -0.4 is 10.6 Å². The van der Waals surface area contributed by atoms with Crippen LogP contribution in [-0.2, 0) is 4.79 Å². The lowest BCUT2D eigenvalue weighted by molar-refractivity contribution is -0.126. The molecular weight excluding hydrogens is 250 g/mol. The normalized spacial score (nSPS) is 19.2. The van der Waals surface area contributed by atoms with E-state index in [0.717, 1.165) is 38.6 Å². The molecule has 0 radical (unpaired) electrons. The van der Waals surface area contributed by atoms with Crippen molar-refractivity contribution in [3.05, 3.63) is 0 Å². The third-order valence-electron chi connectivity index (χ3n) is 4.12. The molecule has 2 N–H and O–H groups in total. The summed E-state index contributed by atoms with van der Waals surface area (Å²) in [5.74, 6) is 1.48. The molecule has 1 aliphatic heterocycles. The predicted molar refractivity (Wildman–Crippen MR) is 84.8 cm³/mol. The lowest BCUT2D eigenvalue weighted by Crippen LogP contribution is -2.49. The Morgan fingerprint density at radius 2 is 1.90 bits per heavy atom. The molecule has 20 heavy (non-hydrogen) atoms. The Balaban J connectivity index is 2.24. The van der Waals surface area contributed by atoms with Gasteiger partial charge in [-0.05, 0) is 64.2 Å². The van der Waals surface area contributed by atoms with E-state index in [-0.39, 0.29) is 11.9 Å². The summed E-state index contributed by atoms with van der Waals surface area (Å²) in [7, 11) is 0. The number of amides is 1. The molecule has 4 nitrogen and oxygen atoms in total. The summed E-state index contributed by atoms with van der Waals surface area (Å²) >= 11 is 0. The van der Waals surface area contributed by atoms with Gasteiger partial charge in [-0.25, -0.2) is 0 Å². The van der Waals surface area contributed by atoms with E-state index in [1.807, 2.05) is 6.92 Å². The van der Waals surface area contributed by atoms with Gasteiger partial charge in [0.2, 0.25) is 5.91 Å². The molecule has 1 rings (SSSR count). The molecule has 1 atom stereocenters. The Morgan fingerprint density at radius 3 is 2.45 bits per heavy atom. The zero-order valence-electron chi connectivity index (χ0n) is 13.7. The Hall–Kier alpha value is -0.610. The molecule has 1 saturated heterocycles. The van der Waals surface area contributed by atoms with Gasteiger partial charge in [-0.1, -0.05) is 20.8 Å². The number of carbonyl (C=O) groups excluding carboxylic acids is 1. The van der Waals surface area contributed by atoms with Crippen LogP contribution in [0, 0.1) is 11.8 Å². The van der Waals surface area contributed by atoms with Gasteiger partial charge in [0.25, 0.3) is 0 Å². The first-order valence-corrected chi connectivity index (χ1v) is 8.27. The third-order valence-corrected chi connectivity index (χ3v) is 4.12. The van der Waals surface area contributed by atoms with E-state index < -0.39 is 0 Å². The first kappa shape index (κ1) is 17.4. The predicted octanol–water partition coefficient (Wildman–Crippen LogP) is 1.86. The number of likely N-dealkylation sites (tertiary alicyclic amines) is 1. The average Bonchev–Trinajstić information content (AvgIpc) is 2.45. The van der Waals surface area contributed by atoms with Gasteiger partial charge in [0.05, 0.1) is 6.04 Å². The largest absolute Gasteiger partial charge is 0.354 e. The van der Waals surface area contributed by atoms with Crippen LogP contribution in [0.15, 0.2) is 0 Å². The second-order valence-corrected chi connectivity index (χ2v) is 6.50. The number of hydrogen-bond donors (Lipinski definition) is 2. The number of rotatable bonds is 8. The summed E-state index contributed by atoms with van der Waals surface area (Å²) in [4.78, 5) is 14.4. The van der Waals surface area contributed by atoms with Gasteiger partial charge in [0.15, 0.2) is 0 Å². The molecule has 1 amide bonds. The van der Waals surface area contributed by atoms with Crippen molar-refractivity contribution in [3.63, 3.8) is 0 Å². The minimum absolute atomic E-state index is 0.0123. The van der Waals surface area contributed by atoms with Crippen LogP contribution in [0.1, 0.15) is 47.0 Å². The summed E-state index contributed by atoms with van der Waals surface area (Å²) in [5, 5.41) is 6.55. The molecule has 1 heterocycles. The van der Waals surface area contributed by atoms with Gasteiger partial charge in [-0.15, -0.1) is 0 Å². The summed E-state index contributed by atoms with van der Waals surface area (Å²) in [6.45, 7) is 13.6. The van der Waals surface area contributed by atoms with E-state index in [1.165, 1.54) is 19.3 Å². The molecule has 0 aliphatic carbocycles. The van der Waals surface area contributed by atoms with Crippen LogP contribution >= 0.6 is 0 Å². The van der Waals surface area contributed by atoms with Crippen LogP contribution in [0.2, 0.25) is 0 Å². The fraction of sp³-hybridized carbons (Fsp3) is 0.938. The number of hydrogen-bond acceptors (Lipinski definition) is 3. The van der Waals surface area contributed by atoms with E-state index in [2.05, 4.69) is 36.3 Å². The van der Waals surface area contributed by atoms with Crippen molar-refractivity contribution in [3.8, 4) is 0 Å². The maximum Gasteiger partial charge on any atom is 0.237 e. The van der Waals surface area contributed by atoms with Gasteiger partial charge >= 0.3 is 0 Å². The Kier molecular flexibility index (Phi) is 8.15. The van der Waals surface area contributed by atoms with Crippen molar-refractivity contribution in [1.82, 2.24) is 15.5 Å². The van der Waals surface area contributed by atoms with Crippen LogP contribution in [0.4, 0.5) is 0 Å². The molecule has 0 aromatic carbocycles. The van der Waals surface area contributed by atoms with E-state index in [1.54, 1.807) is 0 Å². The first-order valence-electron chi connectivity index (χ1n) is 8.27. The lowest BCUT2D eigenvalue weighted by atomic mass is 9.95. The van der Waals surface area contributed by atoms with Crippen LogP contribution in [0.5, 0.6) is 0 Å². The molecule has 0 aromatic heterocycles. The standard InChI is InChI=1S/C16H33N3O/c1-5-8-17-12-15-6-9-19(10-7-15)14(4)16(20)18-11-13(2)3/h13-15,17H,5-12H2,1-4H3,(H,18,20). The smallest absolute Gasteiger partial charge is 0.237 e. The van der Waals surface area contributed by atoms with E-state index >= 15 is 0 Å². The second kappa shape index (κ2) is 9.35. The highest BCUT2D eigenvalue weighted by Gasteiger charge is 2.26. The maximum absolute atomic E-state index is 12.1. The monoisotopic (exact) mass is 283 g/mol. The van der Waals surface area contributed by atoms with Crippen molar-refractivity contribution in [2.45, 2.75) is 53.0 Å². The minimum Gasteiger partial charge on any atom is -0.354 e. The molecule has 0 aromatic rings. The minimum atomic E-state index is 0.0123. The van der Waals surface area contributed by atoms with Crippen molar-refractivity contribution >= 4 is 5.91 Å². The Bertz CT molecular complexity index is 273. The summed E-state index contributed by atoms with van der Waals surface area (Å²) < 4.78 is 0. The molecular formula is C16H33N3O. The zero-order valence-corrected chi connectivity index (χ0v) is 13.7. The topological polar surface area (TPSA) is 44.4 Å². The van der Waals surface area contributed by atoms with E-state index in [0.29, 0.717) is 5.92 Å². The highest BCUT2D eigenvalue weighted by molar-refractivity contribution is 5.81. The molecule has 4 heteroatoms. The van der Waals surface area contributed by atoms with Gasteiger partial charge in [0, 0.05) is 6.54 Å². The van der Waals surface area contributed by atoms with Gasteiger partial charge in [0.1, 0.15) is 0 Å². The van der Waals surface area contributed by atoms with Crippen molar-refractivity contribution < 1.29 is 4.79 Å². The first-order chi connectivity index (χ1) is 9.54. The highest BCUT2D eigenvalue weighted by atomic mass is 16.2. The summed E-state index contributed by atoms with van der Waals surface area (Å²) in [6, 6.07) is 0.0123. The van der Waals surface area contributed by atoms with Crippen molar-refractivity contribution in [1.29, 1.82) is 0 Å². The summed E-state index contributed by atoms with van der Waals surface area (Å²) in [6.07, 6.45) is 3.61. The molecule has 0 bridgehead atoms. The fourth-order valence-corrected chi connectivity index (χ4v) is 2.65. The van der Waals surface area contributed by atoms with E-state index in [4.69, 9.17) is 0 Å². The number of carbonyl (C=O) groups is 1. The molecule has 1 aliphatic rings. The number of piperidine rings is 1. The van der Waals surface area contributed by atoms with Crippen LogP contribution in [-0.4, -0.2) is 49.6 Å². The van der Waals surface area contributed by atoms with Gasteiger partial charge < -0.3 is 10.6 Å². The van der Waals surface area contributed by atoms with Crippen molar-refractivity contribution in [2.24, 2.45) is 11.8 Å². The quantitative estimate of drug-likeness (QED) is 0.668. The molecule has 1 unspecified atom stereocenters. The summed E-state index contributed by atoms with van der Waals surface area (Å²) in [5.41, 5.74) is 0. The van der Waals surface area contributed by atoms with Gasteiger partial charge in [-0.2, -0.15) is 0 Å². The molecule has 0 saturated carbocycles. The Labute approximate surface area is 124 Å². The molecule has 0 spiro atoms. The van der Waals surface area contributed by atoms with Crippen molar-refractivity contribution in [2.75, 3.05) is 32.7 Å². The lowest BCUT2D eigenvalue weighted by Gasteiger charge is -2.35. The number of nitrogens with zero attached hydrogens (tertiary/aromatic N) is 1.